The van der Waals surface area contributed by atoms with Gasteiger partial charge in [-0.3, -0.25) is 10.1 Å². The summed E-state index contributed by atoms with van der Waals surface area (Å²) in [6.07, 6.45) is 1.17. The highest BCUT2D eigenvalue weighted by Crippen LogP contribution is 2.20. The Kier molecular flexibility index (Phi) is 3.78. The zero-order valence-electron chi connectivity index (χ0n) is 7.88. The first-order chi connectivity index (χ1) is 7.50. The number of primary amides is 1. The first-order valence-corrected chi connectivity index (χ1v) is 4.41. The minimum atomic E-state index is -0.835. The molecule has 0 radical (unpaired) electrons. The zero-order chi connectivity index (χ0) is 12.1. The van der Waals surface area contributed by atoms with Crippen molar-refractivity contribution < 1.29 is 9.72 Å². The molecule has 1 rings (SSSR count). The van der Waals surface area contributed by atoms with Gasteiger partial charge in [0.05, 0.1) is 11.1 Å². The average molecular weight is 243 g/mol. The van der Waals surface area contributed by atoms with Crippen LogP contribution in [0.2, 0.25) is 5.02 Å². The number of carbonyl (C=O) groups excluding carboxylic acids is 1. The van der Waals surface area contributed by atoms with Crippen LogP contribution >= 0.6 is 11.6 Å². The normalized spacial score (nSPS) is 10.3. The van der Waals surface area contributed by atoms with Gasteiger partial charge in [-0.2, -0.15) is 5.10 Å². The van der Waals surface area contributed by atoms with Gasteiger partial charge in [0.2, 0.25) is 0 Å². The first kappa shape index (κ1) is 11.9. The standard InChI is InChI=1S/C8H7ClN4O3/c9-7-2-1-6(13(15)16)3-5(7)4-11-12-8(10)14/h1-4H,(H3,10,12,14)/b11-4+. The molecule has 1 aromatic rings. The molecule has 0 bridgehead atoms. The Morgan fingerprint density at radius 1 is 1.62 bits per heavy atom. The molecule has 0 fully saturated rings. The number of hydrogen-bond donors (Lipinski definition) is 2. The van der Waals surface area contributed by atoms with E-state index >= 15 is 0 Å². The molecule has 84 valence electrons. The summed E-state index contributed by atoms with van der Waals surface area (Å²) in [6, 6.07) is 3.03. The number of nitro benzene ring substituents is 1. The van der Waals surface area contributed by atoms with Crippen LogP contribution in [0.15, 0.2) is 23.3 Å². The molecule has 0 atom stereocenters. The molecule has 1 aromatic carbocycles. The van der Waals surface area contributed by atoms with Gasteiger partial charge in [-0.1, -0.05) is 11.6 Å². The lowest BCUT2D eigenvalue weighted by Gasteiger charge is -1.97. The number of nitro groups is 1. The van der Waals surface area contributed by atoms with Gasteiger partial charge in [0.1, 0.15) is 0 Å². The Balaban J connectivity index is 2.94. The monoisotopic (exact) mass is 242 g/mol. The Morgan fingerprint density at radius 3 is 2.88 bits per heavy atom. The van der Waals surface area contributed by atoms with Gasteiger partial charge in [-0.15, -0.1) is 0 Å². The SMILES string of the molecule is NC(=O)N/N=C/c1cc([N+](=O)[O-])ccc1Cl. The zero-order valence-corrected chi connectivity index (χ0v) is 8.64. The molecule has 0 aromatic heterocycles. The van der Waals surface area contributed by atoms with Crippen LogP contribution in [0.5, 0.6) is 0 Å². The molecule has 16 heavy (non-hydrogen) atoms. The number of benzene rings is 1. The second-order valence-corrected chi connectivity index (χ2v) is 3.10. The fraction of sp³-hybridized carbons (Fsp3) is 0. The van der Waals surface area contributed by atoms with Gasteiger partial charge in [-0.25, -0.2) is 10.2 Å². The summed E-state index contributed by atoms with van der Waals surface area (Å²) in [5, 5.41) is 14.2. The maximum atomic E-state index is 10.5. The largest absolute Gasteiger partial charge is 0.350 e. The number of carbonyl (C=O) groups is 1. The van der Waals surface area contributed by atoms with E-state index < -0.39 is 11.0 Å². The lowest BCUT2D eigenvalue weighted by molar-refractivity contribution is -0.384. The van der Waals surface area contributed by atoms with Crippen molar-refractivity contribution in [2.75, 3.05) is 0 Å². The smallest absolute Gasteiger partial charge is 0.332 e. The Labute approximate surface area is 95.0 Å². The van der Waals surface area contributed by atoms with Gasteiger partial charge in [-0.05, 0) is 6.07 Å². The predicted octanol–water partition coefficient (Wildman–Crippen LogP) is 1.25. The second-order valence-electron chi connectivity index (χ2n) is 2.70. The predicted molar refractivity (Wildman–Crippen MR) is 58.4 cm³/mol. The topological polar surface area (TPSA) is 111 Å². The minimum absolute atomic E-state index is 0.120. The van der Waals surface area contributed by atoms with Crippen LogP contribution in [0, 0.1) is 10.1 Å². The van der Waals surface area contributed by atoms with Gasteiger partial charge < -0.3 is 5.73 Å². The Bertz CT molecular complexity index is 461. The van der Waals surface area contributed by atoms with Crippen LogP contribution in [-0.4, -0.2) is 17.2 Å². The van der Waals surface area contributed by atoms with Crippen molar-refractivity contribution in [1.29, 1.82) is 0 Å². The molecule has 8 heteroatoms. The van der Waals surface area contributed by atoms with E-state index in [1.54, 1.807) is 0 Å². The summed E-state index contributed by atoms with van der Waals surface area (Å²) in [5.74, 6) is 0. The fourth-order valence-electron chi connectivity index (χ4n) is 0.909. The summed E-state index contributed by atoms with van der Waals surface area (Å²) in [7, 11) is 0. The fourth-order valence-corrected chi connectivity index (χ4v) is 1.08. The summed E-state index contributed by atoms with van der Waals surface area (Å²) >= 11 is 5.76. The number of amides is 2. The van der Waals surface area contributed by atoms with E-state index in [2.05, 4.69) is 5.10 Å². The number of urea groups is 1. The highest BCUT2D eigenvalue weighted by Gasteiger charge is 2.07. The van der Waals surface area contributed by atoms with Crippen molar-refractivity contribution in [1.82, 2.24) is 5.43 Å². The summed E-state index contributed by atoms with van der Waals surface area (Å²) in [5.41, 5.74) is 6.91. The minimum Gasteiger partial charge on any atom is -0.350 e. The number of hydrogen-bond acceptors (Lipinski definition) is 4. The van der Waals surface area contributed by atoms with Crippen LogP contribution in [0.3, 0.4) is 0 Å². The lowest BCUT2D eigenvalue weighted by atomic mass is 10.2. The number of rotatable bonds is 3. The van der Waals surface area contributed by atoms with Gasteiger partial charge in [0, 0.05) is 22.7 Å². The average Bonchev–Trinajstić information content (AvgIpc) is 2.20. The molecule has 0 heterocycles. The van der Waals surface area contributed by atoms with E-state index in [9.17, 15) is 14.9 Å². The molecular weight excluding hydrogens is 236 g/mol. The molecule has 0 aliphatic heterocycles. The number of hydrazone groups is 1. The van der Waals surface area contributed by atoms with Gasteiger partial charge >= 0.3 is 6.03 Å². The highest BCUT2D eigenvalue weighted by atomic mass is 35.5. The van der Waals surface area contributed by atoms with Crippen LogP contribution in [-0.2, 0) is 0 Å². The summed E-state index contributed by atoms with van der Waals surface area (Å²) in [6.45, 7) is 0. The van der Waals surface area contributed by atoms with Crippen molar-refractivity contribution in [2.45, 2.75) is 0 Å². The van der Waals surface area contributed by atoms with Crippen LogP contribution < -0.4 is 11.2 Å². The number of non-ortho nitro benzene ring substituents is 1. The molecular formula is C8H7ClN4O3. The van der Waals surface area contributed by atoms with E-state index in [1.807, 2.05) is 5.43 Å². The van der Waals surface area contributed by atoms with E-state index in [4.69, 9.17) is 17.3 Å². The maximum absolute atomic E-state index is 10.5. The van der Waals surface area contributed by atoms with E-state index in [0.29, 0.717) is 5.56 Å². The molecule has 0 aliphatic rings. The molecule has 2 amide bonds. The highest BCUT2D eigenvalue weighted by molar-refractivity contribution is 6.33. The van der Waals surface area contributed by atoms with Crippen molar-refractivity contribution >= 4 is 29.5 Å². The molecule has 0 spiro atoms. The third kappa shape index (κ3) is 3.21. The van der Waals surface area contributed by atoms with Crippen molar-refractivity contribution in [2.24, 2.45) is 10.8 Å². The molecule has 0 saturated carbocycles. The Hall–Kier alpha value is -2.15. The number of nitrogens with zero attached hydrogens (tertiary/aromatic N) is 2. The van der Waals surface area contributed by atoms with E-state index in [-0.39, 0.29) is 10.7 Å². The van der Waals surface area contributed by atoms with Crippen molar-refractivity contribution in [3.63, 3.8) is 0 Å². The van der Waals surface area contributed by atoms with Crippen LogP contribution in [0.4, 0.5) is 10.5 Å². The third-order valence-electron chi connectivity index (χ3n) is 1.57. The summed E-state index contributed by atoms with van der Waals surface area (Å²) in [4.78, 5) is 20.2. The number of nitrogens with two attached hydrogens (primary N) is 1. The van der Waals surface area contributed by atoms with Crippen molar-refractivity contribution in [3.05, 3.63) is 38.9 Å². The summed E-state index contributed by atoms with van der Waals surface area (Å²) < 4.78 is 0. The molecule has 0 unspecified atom stereocenters. The van der Waals surface area contributed by atoms with Crippen LogP contribution in [0.1, 0.15) is 5.56 Å². The molecule has 0 aliphatic carbocycles. The van der Waals surface area contributed by atoms with E-state index in [1.165, 1.54) is 24.4 Å². The maximum Gasteiger partial charge on any atom is 0.332 e. The van der Waals surface area contributed by atoms with Gasteiger partial charge in [0.25, 0.3) is 5.69 Å². The van der Waals surface area contributed by atoms with Crippen LogP contribution in [0.25, 0.3) is 0 Å². The quantitative estimate of drug-likeness (QED) is 0.473. The molecule has 0 saturated heterocycles. The first-order valence-electron chi connectivity index (χ1n) is 4.03. The Morgan fingerprint density at radius 2 is 2.31 bits per heavy atom. The third-order valence-corrected chi connectivity index (χ3v) is 1.91. The molecule has 7 nitrogen and oxygen atoms in total. The van der Waals surface area contributed by atoms with Gasteiger partial charge in [0.15, 0.2) is 0 Å². The van der Waals surface area contributed by atoms with E-state index in [0.717, 1.165) is 0 Å². The molecule has 3 N–H and O–H groups in total. The second kappa shape index (κ2) is 5.08. The lowest BCUT2D eigenvalue weighted by Crippen LogP contribution is -2.24. The number of nitrogens with one attached hydrogen (secondary N) is 1. The number of halogens is 1. The van der Waals surface area contributed by atoms with Crippen molar-refractivity contribution in [3.8, 4) is 0 Å².